The lowest BCUT2D eigenvalue weighted by Crippen LogP contribution is -2.25. The Hall–Kier alpha value is -2.11. The molecule has 0 saturated carbocycles. The number of nitro benzene ring substituents is 1. The van der Waals surface area contributed by atoms with Crippen LogP contribution in [0.2, 0.25) is 0 Å². The summed E-state index contributed by atoms with van der Waals surface area (Å²) in [7, 11) is 0. The third-order valence-electron chi connectivity index (χ3n) is 2.17. The van der Waals surface area contributed by atoms with E-state index in [9.17, 15) is 14.9 Å². The van der Waals surface area contributed by atoms with Crippen molar-refractivity contribution in [2.24, 2.45) is 0 Å². The highest BCUT2D eigenvalue weighted by molar-refractivity contribution is 5.77. The summed E-state index contributed by atoms with van der Waals surface area (Å²) in [4.78, 5) is 20.7. The SMILES string of the molecule is Cc1ccc([N+](=O)[O-])cc1NC(C)C(=O)O. The summed E-state index contributed by atoms with van der Waals surface area (Å²) in [5.41, 5.74) is 1.16. The van der Waals surface area contributed by atoms with Crippen molar-refractivity contribution in [2.45, 2.75) is 19.9 Å². The van der Waals surface area contributed by atoms with Crippen LogP contribution in [-0.2, 0) is 4.79 Å². The number of aliphatic carboxylic acids is 1. The van der Waals surface area contributed by atoms with E-state index in [0.717, 1.165) is 5.56 Å². The maximum Gasteiger partial charge on any atom is 0.325 e. The Morgan fingerprint density at radius 2 is 2.19 bits per heavy atom. The smallest absolute Gasteiger partial charge is 0.325 e. The molecule has 16 heavy (non-hydrogen) atoms. The summed E-state index contributed by atoms with van der Waals surface area (Å²) >= 11 is 0. The second kappa shape index (κ2) is 4.61. The van der Waals surface area contributed by atoms with E-state index in [1.807, 2.05) is 0 Å². The molecular formula is C10H12N2O4. The average molecular weight is 224 g/mol. The first-order valence-electron chi connectivity index (χ1n) is 4.66. The van der Waals surface area contributed by atoms with Gasteiger partial charge in [0.25, 0.3) is 5.69 Å². The molecule has 0 radical (unpaired) electrons. The number of carboxylic acids is 1. The molecule has 0 aliphatic heterocycles. The number of nitro groups is 1. The molecule has 2 N–H and O–H groups in total. The summed E-state index contributed by atoms with van der Waals surface area (Å²) < 4.78 is 0. The first-order chi connectivity index (χ1) is 7.41. The van der Waals surface area contributed by atoms with E-state index >= 15 is 0 Å². The molecule has 0 saturated heterocycles. The lowest BCUT2D eigenvalue weighted by atomic mass is 10.1. The van der Waals surface area contributed by atoms with E-state index < -0.39 is 16.9 Å². The largest absolute Gasteiger partial charge is 0.480 e. The number of nitrogens with one attached hydrogen (secondary N) is 1. The average Bonchev–Trinajstić information content (AvgIpc) is 2.20. The molecule has 1 rings (SSSR count). The summed E-state index contributed by atoms with van der Waals surface area (Å²) in [6.07, 6.45) is 0. The number of hydrogen-bond acceptors (Lipinski definition) is 4. The Labute approximate surface area is 92.0 Å². The third-order valence-corrected chi connectivity index (χ3v) is 2.17. The van der Waals surface area contributed by atoms with Crippen LogP contribution >= 0.6 is 0 Å². The summed E-state index contributed by atoms with van der Waals surface area (Å²) in [6.45, 7) is 3.22. The number of hydrogen-bond donors (Lipinski definition) is 2. The molecule has 0 bridgehead atoms. The van der Waals surface area contributed by atoms with Crippen LogP contribution < -0.4 is 5.32 Å². The van der Waals surface area contributed by atoms with Crippen LogP contribution in [0.5, 0.6) is 0 Å². The van der Waals surface area contributed by atoms with Gasteiger partial charge < -0.3 is 10.4 Å². The number of carbonyl (C=O) groups is 1. The van der Waals surface area contributed by atoms with Gasteiger partial charge in [-0.1, -0.05) is 6.07 Å². The van der Waals surface area contributed by atoms with Crippen molar-refractivity contribution >= 4 is 17.3 Å². The van der Waals surface area contributed by atoms with Gasteiger partial charge in [-0.25, -0.2) is 0 Å². The van der Waals surface area contributed by atoms with E-state index in [1.54, 1.807) is 13.0 Å². The summed E-state index contributed by atoms with van der Waals surface area (Å²) in [5, 5.41) is 22.0. The molecule has 0 amide bonds. The Balaban J connectivity index is 2.98. The molecule has 0 fully saturated rings. The van der Waals surface area contributed by atoms with Gasteiger partial charge in [-0.15, -0.1) is 0 Å². The zero-order chi connectivity index (χ0) is 12.3. The molecule has 0 aliphatic rings. The lowest BCUT2D eigenvalue weighted by molar-refractivity contribution is -0.384. The Morgan fingerprint density at radius 3 is 2.69 bits per heavy atom. The highest BCUT2D eigenvalue weighted by atomic mass is 16.6. The number of aryl methyl sites for hydroxylation is 1. The van der Waals surface area contributed by atoms with Crippen molar-refractivity contribution in [3.63, 3.8) is 0 Å². The van der Waals surface area contributed by atoms with Crippen molar-refractivity contribution in [3.8, 4) is 0 Å². The van der Waals surface area contributed by atoms with Crippen molar-refractivity contribution in [3.05, 3.63) is 33.9 Å². The topological polar surface area (TPSA) is 92.5 Å². The molecule has 1 unspecified atom stereocenters. The first-order valence-corrected chi connectivity index (χ1v) is 4.66. The molecule has 1 aromatic carbocycles. The van der Waals surface area contributed by atoms with Crippen LogP contribution in [0.3, 0.4) is 0 Å². The maximum absolute atomic E-state index is 10.6. The van der Waals surface area contributed by atoms with Crippen LogP contribution in [0.4, 0.5) is 11.4 Å². The van der Waals surface area contributed by atoms with E-state index in [4.69, 9.17) is 5.11 Å². The van der Waals surface area contributed by atoms with Crippen molar-refractivity contribution in [1.82, 2.24) is 0 Å². The predicted molar refractivity (Wildman–Crippen MR) is 58.6 cm³/mol. The monoisotopic (exact) mass is 224 g/mol. The minimum Gasteiger partial charge on any atom is -0.480 e. The molecule has 0 aliphatic carbocycles. The normalized spacial score (nSPS) is 11.9. The minimum absolute atomic E-state index is 0.0642. The standard InChI is InChI=1S/C10H12N2O4/c1-6-3-4-8(12(15)16)5-9(6)11-7(2)10(13)14/h3-5,7,11H,1-2H3,(H,13,14). The van der Waals surface area contributed by atoms with Gasteiger partial charge >= 0.3 is 5.97 Å². The van der Waals surface area contributed by atoms with E-state index in [0.29, 0.717) is 5.69 Å². The van der Waals surface area contributed by atoms with Gasteiger partial charge in [-0.05, 0) is 19.4 Å². The number of anilines is 1. The third kappa shape index (κ3) is 2.69. The Bertz CT molecular complexity index is 431. The van der Waals surface area contributed by atoms with E-state index in [2.05, 4.69) is 5.32 Å². The van der Waals surface area contributed by atoms with Crippen LogP contribution in [0.25, 0.3) is 0 Å². The quantitative estimate of drug-likeness (QED) is 0.600. The van der Waals surface area contributed by atoms with Gasteiger partial charge in [-0.2, -0.15) is 0 Å². The molecular weight excluding hydrogens is 212 g/mol. The van der Waals surface area contributed by atoms with Crippen molar-refractivity contribution < 1.29 is 14.8 Å². The number of benzene rings is 1. The van der Waals surface area contributed by atoms with E-state index in [-0.39, 0.29) is 5.69 Å². The van der Waals surface area contributed by atoms with Gasteiger partial charge in [0.05, 0.1) is 4.92 Å². The van der Waals surface area contributed by atoms with Gasteiger partial charge in [0.1, 0.15) is 6.04 Å². The molecule has 86 valence electrons. The number of carboxylic acid groups (broad SMARTS) is 1. The van der Waals surface area contributed by atoms with Crippen LogP contribution in [-0.4, -0.2) is 22.0 Å². The molecule has 6 nitrogen and oxygen atoms in total. The molecule has 1 atom stereocenters. The fraction of sp³-hybridized carbons (Fsp3) is 0.300. The summed E-state index contributed by atoms with van der Waals surface area (Å²) in [5.74, 6) is -1.01. The van der Waals surface area contributed by atoms with Gasteiger partial charge in [0.15, 0.2) is 0 Å². The molecule has 0 heterocycles. The zero-order valence-electron chi connectivity index (χ0n) is 8.93. The van der Waals surface area contributed by atoms with Crippen LogP contribution in [0, 0.1) is 17.0 Å². The van der Waals surface area contributed by atoms with Crippen LogP contribution in [0.1, 0.15) is 12.5 Å². The summed E-state index contributed by atoms with van der Waals surface area (Å²) in [6, 6.07) is 3.50. The Kier molecular flexibility index (Phi) is 3.44. The number of non-ortho nitro benzene ring substituents is 1. The van der Waals surface area contributed by atoms with Crippen molar-refractivity contribution in [2.75, 3.05) is 5.32 Å². The predicted octanol–water partition coefficient (Wildman–Crippen LogP) is 1.79. The fourth-order valence-electron chi connectivity index (χ4n) is 1.17. The Morgan fingerprint density at radius 1 is 1.56 bits per heavy atom. The van der Waals surface area contributed by atoms with Gasteiger partial charge in [0, 0.05) is 17.8 Å². The second-order valence-corrected chi connectivity index (χ2v) is 3.46. The highest BCUT2D eigenvalue weighted by Gasteiger charge is 2.14. The van der Waals surface area contributed by atoms with E-state index in [1.165, 1.54) is 19.1 Å². The minimum atomic E-state index is -1.01. The number of rotatable bonds is 4. The zero-order valence-corrected chi connectivity index (χ0v) is 8.93. The van der Waals surface area contributed by atoms with Gasteiger partial charge in [0.2, 0.25) is 0 Å². The molecule has 0 spiro atoms. The molecule has 0 aromatic heterocycles. The first kappa shape index (κ1) is 12.0. The maximum atomic E-state index is 10.6. The second-order valence-electron chi connectivity index (χ2n) is 3.46. The fourth-order valence-corrected chi connectivity index (χ4v) is 1.17. The van der Waals surface area contributed by atoms with Crippen LogP contribution in [0.15, 0.2) is 18.2 Å². The van der Waals surface area contributed by atoms with Gasteiger partial charge in [-0.3, -0.25) is 14.9 Å². The number of nitrogens with zero attached hydrogens (tertiary/aromatic N) is 1. The highest BCUT2D eigenvalue weighted by Crippen LogP contribution is 2.22. The lowest BCUT2D eigenvalue weighted by Gasteiger charge is -2.12. The van der Waals surface area contributed by atoms with Crippen molar-refractivity contribution in [1.29, 1.82) is 0 Å². The molecule has 1 aromatic rings. The molecule has 6 heteroatoms.